The highest BCUT2D eigenvalue weighted by atomic mass is 15.4. The van der Waals surface area contributed by atoms with Crippen LogP contribution in [0.3, 0.4) is 0 Å². The molecule has 0 saturated carbocycles. The van der Waals surface area contributed by atoms with E-state index in [-0.39, 0.29) is 0 Å². The molecule has 1 aromatic carbocycles. The first-order valence-corrected chi connectivity index (χ1v) is 5.59. The lowest BCUT2D eigenvalue weighted by atomic mass is 10.1. The molecule has 0 radical (unpaired) electrons. The molecule has 0 amide bonds. The number of aromatic nitrogens is 3. The van der Waals surface area contributed by atoms with Gasteiger partial charge >= 0.3 is 0 Å². The Morgan fingerprint density at radius 3 is 2.50 bits per heavy atom. The summed E-state index contributed by atoms with van der Waals surface area (Å²) in [7, 11) is 0. The molecule has 0 fully saturated rings. The third-order valence-corrected chi connectivity index (χ3v) is 2.72. The lowest BCUT2D eigenvalue weighted by Gasteiger charge is -2.05. The van der Waals surface area contributed by atoms with Gasteiger partial charge in [-0.05, 0) is 37.5 Å². The molecule has 0 spiro atoms. The molecule has 0 saturated heterocycles. The van der Waals surface area contributed by atoms with Crippen molar-refractivity contribution in [1.82, 2.24) is 15.0 Å². The largest absolute Gasteiger partial charge is 0.218 e. The zero-order valence-corrected chi connectivity index (χ0v) is 10.2. The van der Waals surface area contributed by atoms with Gasteiger partial charge in [-0.3, -0.25) is 0 Å². The van der Waals surface area contributed by atoms with Crippen molar-refractivity contribution in [2.45, 2.75) is 33.6 Å². The first-order valence-electron chi connectivity index (χ1n) is 5.59. The van der Waals surface area contributed by atoms with E-state index < -0.39 is 0 Å². The fourth-order valence-corrected chi connectivity index (χ4v) is 1.88. The highest BCUT2D eigenvalue weighted by Crippen LogP contribution is 2.18. The summed E-state index contributed by atoms with van der Waals surface area (Å²) in [6.45, 7) is 8.42. The average molecular weight is 215 g/mol. The molecule has 3 nitrogen and oxygen atoms in total. The van der Waals surface area contributed by atoms with Crippen LogP contribution in [0, 0.1) is 13.8 Å². The highest BCUT2D eigenvalue weighted by molar-refractivity contribution is 5.36. The predicted molar refractivity (Wildman–Crippen MR) is 64.9 cm³/mol. The third-order valence-electron chi connectivity index (χ3n) is 2.72. The second-order valence-electron chi connectivity index (χ2n) is 4.47. The molecule has 2 rings (SSSR count). The van der Waals surface area contributed by atoms with E-state index in [4.69, 9.17) is 0 Å². The van der Waals surface area contributed by atoms with Gasteiger partial charge < -0.3 is 0 Å². The number of rotatable bonds is 2. The van der Waals surface area contributed by atoms with Gasteiger partial charge in [-0.25, -0.2) is 4.68 Å². The standard InChI is InChI=1S/C13H17N3/c1-9(2)13-11(4)16(15-14-13)12-7-5-6-10(3)8-12/h5-9H,1-4H3. The van der Waals surface area contributed by atoms with Gasteiger partial charge in [0.2, 0.25) is 0 Å². The van der Waals surface area contributed by atoms with Gasteiger partial charge in [-0.2, -0.15) is 0 Å². The van der Waals surface area contributed by atoms with Crippen molar-refractivity contribution >= 4 is 0 Å². The third kappa shape index (κ3) is 1.85. The molecular weight excluding hydrogens is 198 g/mol. The van der Waals surface area contributed by atoms with Crippen molar-refractivity contribution in [2.24, 2.45) is 0 Å². The minimum absolute atomic E-state index is 0.415. The van der Waals surface area contributed by atoms with Gasteiger partial charge in [0.15, 0.2) is 0 Å². The second-order valence-corrected chi connectivity index (χ2v) is 4.47. The molecule has 0 aliphatic heterocycles. The molecule has 0 aliphatic rings. The summed E-state index contributed by atoms with van der Waals surface area (Å²) in [5, 5.41) is 8.45. The van der Waals surface area contributed by atoms with Crippen LogP contribution in [0.1, 0.15) is 36.7 Å². The molecule has 0 bridgehead atoms. The van der Waals surface area contributed by atoms with E-state index in [0.717, 1.165) is 17.1 Å². The molecular formula is C13H17N3. The van der Waals surface area contributed by atoms with E-state index in [9.17, 15) is 0 Å². The van der Waals surface area contributed by atoms with Gasteiger partial charge in [0.1, 0.15) is 0 Å². The van der Waals surface area contributed by atoms with E-state index in [2.05, 4.69) is 56.2 Å². The van der Waals surface area contributed by atoms with Gasteiger partial charge in [0.05, 0.1) is 17.1 Å². The minimum atomic E-state index is 0.415. The Morgan fingerprint density at radius 2 is 1.94 bits per heavy atom. The lowest BCUT2D eigenvalue weighted by molar-refractivity contribution is 0.772. The van der Waals surface area contributed by atoms with Gasteiger partial charge in [-0.1, -0.05) is 31.2 Å². The molecule has 3 heteroatoms. The molecule has 2 aromatic rings. The quantitative estimate of drug-likeness (QED) is 0.771. The van der Waals surface area contributed by atoms with Crippen LogP contribution < -0.4 is 0 Å². The van der Waals surface area contributed by atoms with Crippen LogP contribution in [0.25, 0.3) is 5.69 Å². The van der Waals surface area contributed by atoms with Crippen molar-refractivity contribution in [3.05, 3.63) is 41.2 Å². The van der Waals surface area contributed by atoms with Gasteiger partial charge in [0.25, 0.3) is 0 Å². The summed E-state index contributed by atoms with van der Waals surface area (Å²) in [4.78, 5) is 0. The van der Waals surface area contributed by atoms with E-state index in [1.165, 1.54) is 5.56 Å². The first kappa shape index (κ1) is 10.9. The number of benzene rings is 1. The van der Waals surface area contributed by atoms with Crippen LogP contribution in [-0.4, -0.2) is 15.0 Å². The van der Waals surface area contributed by atoms with E-state index >= 15 is 0 Å². The second kappa shape index (κ2) is 4.08. The van der Waals surface area contributed by atoms with Crippen molar-refractivity contribution in [2.75, 3.05) is 0 Å². The Morgan fingerprint density at radius 1 is 1.19 bits per heavy atom. The van der Waals surface area contributed by atoms with Gasteiger partial charge in [-0.15, -0.1) is 5.10 Å². The van der Waals surface area contributed by atoms with Gasteiger partial charge in [0, 0.05) is 0 Å². The fraction of sp³-hybridized carbons (Fsp3) is 0.385. The van der Waals surface area contributed by atoms with Crippen LogP contribution in [0.2, 0.25) is 0 Å². The van der Waals surface area contributed by atoms with Crippen molar-refractivity contribution in [3.8, 4) is 5.69 Å². The zero-order valence-electron chi connectivity index (χ0n) is 10.2. The highest BCUT2D eigenvalue weighted by Gasteiger charge is 2.12. The van der Waals surface area contributed by atoms with E-state index in [1.807, 2.05) is 10.7 Å². The van der Waals surface area contributed by atoms with Crippen molar-refractivity contribution in [3.63, 3.8) is 0 Å². The molecule has 0 unspecified atom stereocenters. The maximum absolute atomic E-state index is 4.23. The Kier molecular flexibility index (Phi) is 2.77. The van der Waals surface area contributed by atoms with Crippen LogP contribution in [0.4, 0.5) is 0 Å². The van der Waals surface area contributed by atoms with Crippen LogP contribution in [0.15, 0.2) is 24.3 Å². The molecule has 0 atom stereocenters. The van der Waals surface area contributed by atoms with E-state index in [0.29, 0.717) is 5.92 Å². The van der Waals surface area contributed by atoms with Crippen molar-refractivity contribution < 1.29 is 0 Å². The zero-order chi connectivity index (χ0) is 11.7. The minimum Gasteiger partial charge on any atom is -0.218 e. The summed E-state index contributed by atoms with van der Waals surface area (Å²) in [6, 6.07) is 8.30. The Labute approximate surface area is 96.1 Å². The predicted octanol–water partition coefficient (Wildman–Crippen LogP) is 3.01. The number of hydrogen-bond donors (Lipinski definition) is 0. The molecule has 0 aliphatic carbocycles. The number of nitrogens with zero attached hydrogens (tertiary/aromatic N) is 3. The van der Waals surface area contributed by atoms with Crippen LogP contribution >= 0.6 is 0 Å². The SMILES string of the molecule is Cc1cccc(-n2nnc(C(C)C)c2C)c1. The molecule has 0 N–H and O–H groups in total. The molecule has 1 heterocycles. The monoisotopic (exact) mass is 215 g/mol. The summed E-state index contributed by atoms with van der Waals surface area (Å²) in [6.07, 6.45) is 0. The molecule has 84 valence electrons. The van der Waals surface area contributed by atoms with Crippen LogP contribution in [0.5, 0.6) is 0 Å². The Balaban J connectivity index is 2.49. The fourth-order valence-electron chi connectivity index (χ4n) is 1.88. The Bertz CT molecular complexity index is 498. The first-order chi connectivity index (χ1) is 7.59. The molecule has 1 aromatic heterocycles. The summed E-state index contributed by atoms with van der Waals surface area (Å²) in [5.41, 5.74) is 4.51. The lowest BCUT2D eigenvalue weighted by Crippen LogP contribution is -2.00. The molecule has 16 heavy (non-hydrogen) atoms. The number of aryl methyl sites for hydroxylation is 1. The summed E-state index contributed by atoms with van der Waals surface area (Å²) >= 11 is 0. The Hall–Kier alpha value is -1.64. The number of hydrogen-bond acceptors (Lipinski definition) is 2. The van der Waals surface area contributed by atoms with Crippen molar-refractivity contribution in [1.29, 1.82) is 0 Å². The van der Waals surface area contributed by atoms with E-state index in [1.54, 1.807) is 0 Å². The maximum atomic E-state index is 4.23. The van der Waals surface area contributed by atoms with Crippen LogP contribution in [-0.2, 0) is 0 Å². The summed E-state index contributed by atoms with van der Waals surface area (Å²) < 4.78 is 1.91. The maximum Gasteiger partial charge on any atom is 0.0886 e. The summed E-state index contributed by atoms with van der Waals surface area (Å²) in [5.74, 6) is 0.415. The smallest absolute Gasteiger partial charge is 0.0886 e. The normalized spacial score (nSPS) is 11.1. The topological polar surface area (TPSA) is 30.7 Å². The average Bonchev–Trinajstić information content (AvgIpc) is 2.60.